The molecule has 3 aromatic rings. The van der Waals surface area contributed by atoms with Crippen LogP contribution < -0.4 is 5.73 Å². The maximum Gasteiger partial charge on any atom is 0.185 e. The molecular weight excluding hydrogens is 221 g/mol. The number of hydrogen-bond acceptors (Lipinski definition) is 3. The number of halogens is 1. The first kappa shape index (κ1) is 9.89. The molecule has 0 spiro atoms. The van der Waals surface area contributed by atoms with Crippen LogP contribution in [0.5, 0.6) is 0 Å². The topological polar surface area (TPSA) is 57.0 Å². The van der Waals surface area contributed by atoms with Gasteiger partial charge in [-0.2, -0.15) is 0 Å². The Morgan fingerprint density at radius 2 is 2.12 bits per heavy atom. The number of aromatic nitrogens is 2. The van der Waals surface area contributed by atoms with Gasteiger partial charge in [-0.05, 0) is 24.3 Å². The van der Waals surface area contributed by atoms with E-state index in [9.17, 15) is 4.39 Å². The van der Waals surface area contributed by atoms with Crippen LogP contribution >= 0.6 is 0 Å². The van der Waals surface area contributed by atoms with Crippen molar-refractivity contribution in [3.05, 3.63) is 36.1 Å². The maximum atomic E-state index is 13.2. The van der Waals surface area contributed by atoms with Crippen LogP contribution in [0.25, 0.3) is 22.4 Å². The van der Waals surface area contributed by atoms with Crippen molar-refractivity contribution >= 4 is 16.7 Å². The quantitative estimate of drug-likeness (QED) is 0.700. The Bertz CT molecular complexity index is 699. The van der Waals surface area contributed by atoms with Gasteiger partial charge in [0.15, 0.2) is 11.6 Å². The summed E-state index contributed by atoms with van der Waals surface area (Å²) in [6, 6.07) is 8.20. The molecule has 0 aliphatic rings. The molecule has 0 bridgehead atoms. The minimum absolute atomic E-state index is 0.262. The SMILES string of the molecule is Cn1c(-c2cc(N)no2)cc2ccc(F)cc21. The summed E-state index contributed by atoms with van der Waals surface area (Å²) in [5, 5.41) is 4.58. The molecule has 17 heavy (non-hydrogen) atoms. The second-order valence-corrected chi connectivity index (χ2v) is 3.91. The van der Waals surface area contributed by atoms with Gasteiger partial charge in [-0.1, -0.05) is 5.16 Å². The van der Waals surface area contributed by atoms with Crippen LogP contribution in [0.15, 0.2) is 34.9 Å². The summed E-state index contributed by atoms with van der Waals surface area (Å²) < 4.78 is 20.1. The highest BCUT2D eigenvalue weighted by Gasteiger charge is 2.12. The lowest BCUT2D eigenvalue weighted by Gasteiger charge is -1.99. The van der Waals surface area contributed by atoms with Crippen LogP contribution in [0.2, 0.25) is 0 Å². The van der Waals surface area contributed by atoms with Gasteiger partial charge in [0.1, 0.15) is 5.82 Å². The van der Waals surface area contributed by atoms with Gasteiger partial charge < -0.3 is 14.8 Å². The normalized spacial score (nSPS) is 11.2. The molecule has 0 fully saturated rings. The van der Waals surface area contributed by atoms with Gasteiger partial charge in [-0.25, -0.2) is 4.39 Å². The van der Waals surface area contributed by atoms with Gasteiger partial charge >= 0.3 is 0 Å². The molecule has 1 aromatic carbocycles. The first-order valence-corrected chi connectivity index (χ1v) is 5.13. The first-order chi connectivity index (χ1) is 8.15. The highest BCUT2D eigenvalue weighted by atomic mass is 19.1. The number of fused-ring (bicyclic) bond motifs is 1. The second-order valence-electron chi connectivity index (χ2n) is 3.91. The molecule has 0 saturated carbocycles. The van der Waals surface area contributed by atoms with Crippen molar-refractivity contribution in [3.63, 3.8) is 0 Å². The van der Waals surface area contributed by atoms with E-state index < -0.39 is 0 Å². The lowest BCUT2D eigenvalue weighted by molar-refractivity contribution is 0.433. The van der Waals surface area contributed by atoms with Crippen LogP contribution in [-0.2, 0) is 7.05 Å². The zero-order valence-electron chi connectivity index (χ0n) is 9.14. The highest BCUT2D eigenvalue weighted by molar-refractivity contribution is 5.86. The molecule has 0 aliphatic heterocycles. The predicted octanol–water partition coefficient (Wildman–Crippen LogP) is 2.55. The summed E-state index contributed by atoms with van der Waals surface area (Å²) in [4.78, 5) is 0. The zero-order valence-corrected chi connectivity index (χ0v) is 9.14. The van der Waals surface area contributed by atoms with Gasteiger partial charge in [0.2, 0.25) is 0 Å². The van der Waals surface area contributed by atoms with Gasteiger partial charge in [0.05, 0.1) is 11.2 Å². The summed E-state index contributed by atoms with van der Waals surface area (Å²) >= 11 is 0. The Balaban J connectivity index is 2.27. The molecular formula is C12H10FN3O. The van der Waals surface area contributed by atoms with Crippen molar-refractivity contribution < 1.29 is 8.91 Å². The van der Waals surface area contributed by atoms with Crippen molar-refractivity contribution in [2.75, 3.05) is 5.73 Å². The number of nitrogens with two attached hydrogens (primary N) is 1. The molecule has 0 unspecified atom stereocenters. The van der Waals surface area contributed by atoms with Gasteiger partial charge in [0, 0.05) is 18.5 Å². The van der Waals surface area contributed by atoms with Crippen LogP contribution in [0, 0.1) is 5.82 Å². The van der Waals surface area contributed by atoms with E-state index in [1.165, 1.54) is 12.1 Å². The number of nitrogen functional groups attached to an aromatic ring is 1. The maximum absolute atomic E-state index is 13.2. The number of benzene rings is 1. The standard InChI is InChI=1S/C12H10FN3O/c1-16-9-5-8(13)3-2-7(9)4-10(16)11-6-12(14)15-17-11/h2-6H,1H3,(H2,14,15). The van der Waals surface area contributed by atoms with Crippen LogP contribution in [0.3, 0.4) is 0 Å². The Morgan fingerprint density at radius 1 is 1.29 bits per heavy atom. The average molecular weight is 231 g/mol. The van der Waals surface area contributed by atoms with Gasteiger partial charge in [-0.3, -0.25) is 0 Å². The smallest absolute Gasteiger partial charge is 0.185 e. The molecule has 2 aromatic heterocycles. The zero-order chi connectivity index (χ0) is 12.0. The summed E-state index contributed by atoms with van der Waals surface area (Å²) in [5.41, 5.74) is 7.13. The Labute approximate surface area is 96.4 Å². The van der Waals surface area contributed by atoms with Crippen molar-refractivity contribution in [2.24, 2.45) is 7.05 Å². The van der Waals surface area contributed by atoms with Crippen molar-refractivity contribution in [3.8, 4) is 11.5 Å². The number of hydrogen-bond donors (Lipinski definition) is 1. The van der Waals surface area contributed by atoms with E-state index in [1.807, 2.05) is 17.7 Å². The fraction of sp³-hybridized carbons (Fsp3) is 0.0833. The lowest BCUT2D eigenvalue weighted by atomic mass is 10.2. The van der Waals surface area contributed by atoms with Crippen LogP contribution in [-0.4, -0.2) is 9.72 Å². The van der Waals surface area contributed by atoms with E-state index in [-0.39, 0.29) is 5.82 Å². The number of anilines is 1. The molecule has 0 aliphatic carbocycles. The largest absolute Gasteiger partial charge is 0.381 e. The van der Waals surface area contributed by atoms with Crippen molar-refractivity contribution in [1.82, 2.24) is 9.72 Å². The Kier molecular flexibility index (Phi) is 1.95. The van der Waals surface area contributed by atoms with Crippen LogP contribution in [0.4, 0.5) is 10.2 Å². The van der Waals surface area contributed by atoms with Gasteiger partial charge in [0.25, 0.3) is 0 Å². The molecule has 0 amide bonds. The third kappa shape index (κ3) is 1.47. The van der Waals surface area contributed by atoms with E-state index in [2.05, 4.69) is 5.16 Å². The minimum atomic E-state index is -0.262. The molecule has 2 N–H and O–H groups in total. The van der Waals surface area contributed by atoms with Crippen molar-refractivity contribution in [2.45, 2.75) is 0 Å². The molecule has 0 radical (unpaired) electrons. The third-order valence-corrected chi connectivity index (χ3v) is 2.79. The summed E-state index contributed by atoms with van der Waals surface area (Å²) in [5.74, 6) is 0.639. The number of aryl methyl sites for hydroxylation is 1. The third-order valence-electron chi connectivity index (χ3n) is 2.79. The number of rotatable bonds is 1. The predicted molar refractivity (Wildman–Crippen MR) is 62.8 cm³/mol. The van der Waals surface area contributed by atoms with E-state index in [0.717, 1.165) is 16.6 Å². The average Bonchev–Trinajstić information content (AvgIpc) is 2.84. The lowest BCUT2D eigenvalue weighted by Crippen LogP contribution is -1.90. The van der Waals surface area contributed by atoms with E-state index in [0.29, 0.717) is 11.6 Å². The van der Waals surface area contributed by atoms with Gasteiger partial charge in [-0.15, -0.1) is 0 Å². The monoisotopic (exact) mass is 231 g/mol. The fourth-order valence-electron chi connectivity index (χ4n) is 1.95. The molecule has 0 saturated heterocycles. The Hall–Kier alpha value is -2.30. The van der Waals surface area contributed by atoms with E-state index >= 15 is 0 Å². The first-order valence-electron chi connectivity index (χ1n) is 5.13. The molecule has 2 heterocycles. The molecule has 4 nitrogen and oxygen atoms in total. The second kappa shape index (κ2) is 3.35. The molecule has 3 rings (SSSR count). The molecule has 86 valence electrons. The summed E-state index contributed by atoms with van der Waals surface area (Å²) in [7, 11) is 1.84. The fourth-order valence-corrected chi connectivity index (χ4v) is 1.95. The summed E-state index contributed by atoms with van der Waals surface area (Å²) in [6.45, 7) is 0. The summed E-state index contributed by atoms with van der Waals surface area (Å²) in [6.07, 6.45) is 0. The number of nitrogens with zero attached hydrogens (tertiary/aromatic N) is 2. The highest BCUT2D eigenvalue weighted by Crippen LogP contribution is 2.28. The Morgan fingerprint density at radius 3 is 2.82 bits per heavy atom. The molecule has 0 atom stereocenters. The minimum Gasteiger partial charge on any atom is -0.381 e. The van der Waals surface area contributed by atoms with E-state index in [4.69, 9.17) is 10.3 Å². The van der Waals surface area contributed by atoms with Crippen LogP contribution in [0.1, 0.15) is 0 Å². The molecule has 5 heteroatoms. The van der Waals surface area contributed by atoms with E-state index in [1.54, 1.807) is 12.1 Å². The van der Waals surface area contributed by atoms with Crippen molar-refractivity contribution in [1.29, 1.82) is 0 Å².